The highest BCUT2D eigenvalue weighted by molar-refractivity contribution is 7.82. The number of para-hydroxylation sites is 2. The topological polar surface area (TPSA) is 42.0 Å². The van der Waals surface area contributed by atoms with Gasteiger partial charge in [-0.2, -0.15) is 0 Å². The first-order chi connectivity index (χ1) is 18.5. The minimum Gasteiger partial charge on any atom is -0.496 e. The van der Waals surface area contributed by atoms with Crippen LogP contribution in [0.4, 0.5) is 0 Å². The Kier molecular flexibility index (Phi) is 10.8. The van der Waals surface area contributed by atoms with Gasteiger partial charge in [-0.05, 0) is 86.8 Å². The molecule has 0 fully saturated rings. The van der Waals surface area contributed by atoms with E-state index >= 15 is 4.57 Å². The van der Waals surface area contributed by atoms with Crippen molar-refractivity contribution in [1.82, 2.24) is 9.34 Å². The predicted molar refractivity (Wildman–Crippen MR) is 170 cm³/mol. The van der Waals surface area contributed by atoms with Crippen LogP contribution in [0, 0.1) is 0 Å². The van der Waals surface area contributed by atoms with Gasteiger partial charge in [-0.25, -0.2) is 9.34 Å². The fourth-order valence-corrected chi connectivity index (χ4v) is 12.9. The Hall–Kier alpha value is -2.16. The zero-order chi connectivity index (χ0) is 28.9. The summed E-state index contributed by atoms with van der Waals surface area (Å²) in [6.45, 7) is 17.2. The smallest absolute Gasteiger partial charge is 0.247 e. The van der Waals surface area contributed by atoms with E-state index in [0.29, 0.717) is 0 Å². The molecule has 3 aromatic rings. The van der Waals surface area contributed by atoms with Crippen molar-refractivity contribution in [2.24, 2.45) is 0 Å². The van der Waals surface area contributed by atoms with E-state index in [4.69, 9.17) is 9.47 Å². The molecule has 0 aliphatic carbocycles. The highest BCUT2D eigenvalue weighted by Gasteiger charge is 2.46. The predicted octanol–water partition coefficient (Wildman–Crippen LogP) is 6.52. The number of hydrogen-bond donors (Lipinski definition) is 0. The molecule has 0 aliphatic rings. The van der Waals surface area contributed by atoms with E-state index in [0.717, 1.165) is 32.7 Å². The van der Waals surface area contributed by atoms with E-state index < -0.39 is 15.4 Å². The largest absolute Gasteiger partial charge is 0.496 e. The van der Waals surface area contributed by atoms with Gasteiger partial charge in [0.25, 0.3) is 0 Å². The van der Waals surface area contributed by atoms with Gasteiger partial charge in [0.05, 0.1) is 14.2 Å². The summed E-state index contributed by atoms with van der Waals surface area (Å²) in [5.74, 6) is 1.63. The van der Waals surface area contributed by atoms with Crippen molar-refractivity contribution in [2.75, 3.05) is 14.2 Å². The summed E-state index contributed by atoms with van der Waals surface area (Å²) in [4.78, 5) is 0. The SMILES string of the molecule is COc1ccccc1P(c1ccccc1OC)c1ccccc1P(=O)(N(C(C)C)C(C)C)N(C(C)C)C(C)C. The van der Waals surface area contributed by atoms with Gasteiger partial charge >= 0.3 is 0 Å². The van der Waals surface area contributed by atoms with Crippen LogP contribution >= 0.6 is 15.4 Å². The van der Waals surface area contributed by atoms with Gasteiger partial charge in [-0.15, -0.1) is 0 Å². The fourth-order valence-electron chi connectivity index (χ4n) is 5.73. The molecule has 0 heterocycles. The number of nitrogens with zero attached hydrogens (tertiary/aromatic N) is 2. The Balaban J connectivity index is 2.51. The lowest BCUT2D eigenvalue weighted by molar-refractivity contribution is 0.231. The molecule has 39 heavy (non-hydrogen) atoms. The monoisotopic (exact) mass is 568 g/mol. The third-order valence-electron chi connectivity index (χ3n) is 6.83. The van der Waals surface area contributed by atoms with Crippen molar-refractivity contribution >= 4 is 36.6 Å². The molecule has 0 aliphatic heterocycles. The van der Waals surface area contributed by atoms with Crippen molar-refractivity contribution in [3.63, 3.8) is 0 Å². The van der Waals surface area contributed by atoms with E-state index in [2.05, 4.69) is 95.1 Å². The summed E-state index contributed by atoms with van der Waals surface area (Å²) in [5, 5.41) is 4.08. The van der Waals surface area contributed by atoms with Crippen molar-refractivity contribution in [1.29, 1.82) is 0 Å². The van der Waals surface area contributed by atoms with Gasteiger partial charge in [0.1, 0.15) is 11.5 Å². The van der Waals surface area contributed by atoms with E-state index in [1.165, 1.54) is 0 Å². The van der Waals surface area contributed by atoms with Gasteiger partial charge in [-0.1, -0.05) is 54.6 Å². The maximum atomic E-state index is 16.1. The molecular formula is C32H46N2O3P2. The number of ether oxygens (including phenoxy) is 2. The zero-order valence-corrected chi connectivity index (χ0v) is 27.0. The van der Waals surface area contributed by atoms with Gasteiger partial charge in [-0.3, -0.25) is 4.57 Å². The van der Waals surface area contributed by atoms with Crippen LogP contribution in [0.1, 0.15) is 55.4 Å². The highest BCUT2D eigenvalue weighted by Crippen LogP contribution is 2.57. The first-order valence-corrected chi connectivity index (χ1v) is 16.8. The molecule has 0 amide bonds. The van der Waals surface area contributed by atoms with Crippen LogP contribution in [0.2, 0.25) is 0 Å². The third-order valence-corrected chi connectivity index (χ3v) is 13.7. The second-order valence-electron chi connectivity index (χ2n) is 10.8. The van der Waals surface area contributed by atoms with Crippen LogP contribution in [0.5, 0.6) is 11.5 Å². The standard InChI is InChI=1S/C32H46N2O3P2/c1-23(2)33(24(3)4)39(35,34(25(5)6)26(7)8)32-22-16-15-21-31(32)38(29-19-13-11-17-27(29)36-9)30-20-14-12-18-28(30)37-10/h11-26H,1-10H3. The lowest BCUT2D eigenvalue weighted by atomic mass is 10.3. The van der Waals surface area contributed by atoms with Crippen LogP contribution in [0.15, 0.2) is 72.8 Å². The summed E-state index contributed by atoms with van der Waals surface area (Å²) >= 11 is 0. The number of rotatable bonds is 12. The normalized spacial score (nSPS) is 12.5. The molecule has 0 unspecified atom stereocenters. The van der Waals surface area contributed by atoms with Crippen LogP contribution in [0.25, 0.3) is 0 Å². The first kappa shape index (κ1) is 31.4. The molecular weight excluding hydrogens is 522 g/mol. The van der Waals surface area contributed by atoms with E-state index in [1.54, 1.807) is 14.2 Å². The Morgan fingerprint density at radius 2 is 0.897 bits per heavy atom. The Labute approximate surface area is 237 Å². The van der Waals surface area contributed by atoms with Crippen LogP contribution in [-0.4, -0.2) is 47.7 Å². The quantitative estimate of drug-likeness (QED) is 0.233. The maximum absolute atomic E-state index is 16.1. The van der Waals surface area contributed by atoms with Crippen molar-refractivity contribution in [3.05, 3.63) is 72.8 Å². The third kappa shape index (κ3) is 6.28. The summed E-state index contributed by atoms with van der Waals surface area (Å²) < 4.78 is 32.4. The number of hydrogen-bond acceptors (Lipinski definition) is 3. The Morgan fingerprint density at radius 1 is 0.564 bits per heavy atom. The lowest BCUT2D eigenvalue weighted by Gasteiger charge is -2.48. The van der Waals surface area contributed by atoms with Crippen molar-refractivity contribution in [3.8, 4) is 11.5 Å². The molecule has 212 valence electrons. The second-order valence-corrected chi connectivity index (χ2v) is 15.5. The molecule has 5 nitrogen and oxygen atoms in total. The number of benzene rings is 3. The van der Waals surface area contributed by atoms with Gasteiger partial charge in [0, 0.05) is 40.1 Å². The summed E-state index contributed by atoms with van der Waals surface area (Å²) in [7, 11) is -1.06. The van der Waals surface area contributed by atoms with Gasteiger partial charge in [0.15, 0.2) is 0 Å². The molecule has 3 aromatic carbocycles. The van der Waals surface area contributed by atoms with Crippen LogP contribution < -0.4 is 30.7 Å². The molecule has 3 rings (SSSR count). The first-order valence-electron chi connectivity index (χ1n) is 13.8. The molecule has 0 radical (unpaired) electrons. The summed E-state index contributed by atoms with van der Waals surface area (Å²) in [6.07, 6.45) is 0. The summed E-state index contributed by atoms with van der Waals surface area (Å²) in [5.41, 5.74) is 0. The average molecular weight is 569 g/mol. The minimum absolute atomic E-state index is 0.0765. The van der Waals surface area contributed by atoms with E-state index in [1.807, 2.05) is 42.5 Å². The van der Waals surface area contributed by atoms with Gasteiger partial charge in [0.2, 0.25) is 7.44 Å². The molecule has 0 saturated carbocycles. The molecule has 0 bridgehead atoms. The highest BCUT2D eigenvalue weighted by atomic mass is 31.2. The average Bonchev–Trinajstić information content (AvgIpc) is 2.88. The van der Waals surface area contributed by atoms with E-state index in [9.17, 15) is 0 Å². The van der Waals surface area contributed by atoms with E-state index in [-0.39, 0.29) is 24.2 Å². The number of methoxy groups -OCH3 is 2. The minimum atomic E-state index is -3.29. The molecule has 0 saturated heterocycles. The lowest BCUT2D eigenvalue weighted by Crippen LogP contribution is -2.50. The van der Waals surface area contributed by atoms with Crippen molar-refractivity contribution in [2.45, 2.75) is 79.6 Å². The second kappa shape index (κ2) is 13.5. The van der Waals surface area contributed by atoms with Crippen LogP contribution in [-0.2, 0) is 4.57 Å². The summed E-state index contributed by atoms with van der Waals surface area (Å²) in [6, 6.07) is 25.0. The Bertz CT molecular complexity index is 1190. The molecule has 7 heteroatoms. The zero-order valence-electron chi connectivity index (χ0n) is 25.3. The molecule has 0 spiro atoms. The molecule has 0 atom stereocenters. The molecule has 0 aromatic heterocycles. The fraction of sp³-hybridized carbons (Fsp3) is 0.438. The maximum Gasteiger partial charge on any atom is 0.247 e. The van der Waals surface area contributed by atoms with Crippen molar-refractivity contribution < 1.29 is 14.0 Å². The van der Waals surface area contributed by atoms with Crippen LogP contribution in [0.3, 0.4) is 0 Å². The Morgan fingerprint density at radius 3 is 1.26 bits per heavy atom. The molecule has 0 N–H and O–H groups in total. The van der Waals surface area contributed by atoms with Gasteiger partial charge < -0.3 is 9.47 Å².